The number of hydrogen-bond donors (Lipinski definition) is 1. The zero-order valence-electron chi connectivity index (χ0n) is 13.9. The van der Waals surface area contributed by atoms with E-state index in [9.17, 15) is 5.11 Å². The predicted octanol–water partition coefficient (Wildman–Crippen LogP) is 4.90. The summed E-state index contributed by atoms with van der Waals surface area (Å²) in [6, 6.07) is 8.01. The number of para-hydroxylation sites is 1. The van der Waals surface area contributed by atoms with Crippen molar-refractivity contribution < 1.29 is 9.84 Å². The molecule has 0 aromatic heterocycles. The van der Waals surface area contributed by atoms with Crippen LogP contribution in [-0.4, -0.2) is 11.2 Å². The first-order valence-corrected chi connectivity index (χ1v) is 8.39. The summed E-state index contributed by atoms with van der Waals surface area (Å²) in [5, 5.41) is 11.2. The van der Waals surface area contributed by atoms with Gasteiger partial charge in [-0.3, -0.25) is 0 Å². The minimum atomic E-state index is -0.719. The second-order valence-electron chi connectivity index (χ2n) is 7.29. The molecule has 1 aliphatic rings. The summed E-state index contributed by atoms with van der Waals surface area (Å²) in [5.41, 5.74) is 0.260. The topological polar surface area (TPSA) is 29.5 Å². The van der Waals surface area contributed by atoms with Gasteiger partial charge in [0.15, 0.2) is 0 Å². The van der Waals surface area contributed by atoms with E-state index in [1.807, 2.05) is 38.1 Å². The molecule has 2 nitrogen and oxygen atoms in total. The van der Waals surface area contributed by atoms with Crippen LogP contribution < -0.4 is 4.74 Å². The fourth-order valence-electron chi connectivity index (χ4n) is 3.69. The molecular formula is C19H30O2. The van der Waals surface area contributed by atoms with Crippen LogP contribution in [0.2, 0.25) is 0 Å². The van der Waals surface area contributed by atoms with E-state index in [2.05, 4.69) is 13.8 Å². The van der Waals surface area contributed by atoms with Crippen LogP contribution in [0.3, 0.4) is 0 Å². The van der Waals surface area contributed by atoms with Crippen molar-refractivity contribution in [3.8, 4) is 5.75 Å². The quantitative estimate of drug-likeness (QED) is 0.836. The highest BCUT2D eigenvalue weighted by molar-refractivity contribution is 5.38. The van der Waals surface area contributed by atoms with Crippen molar-refractivity contribution in [2.24, 2.45) is 11.8 Å². The molecule has 1 saturated carbocycles. The van der Waals surface area contributed by atoms with Crippen LogP contribution in [0.25, 0.3) is 0 Å². The van der Waals surface area contributed by atoms with Gasteiger partial charge in [-0.15, -0.1) is 0 Å². The van der Waals surface area contributed by atoms with E-state index < -0.39 is 5.60 Å². The molecule has 2 unspecified atom stereocenters. The van der Waals surface area contributed by atoms with Crippen molar-refractivity contribution in [1.82, 2.24) is 0 Å². The number of benzene rings is 1. The molecule has 0 saturated heterocycles. The molecule has 1 aromatic carbocycles. The molecule has 1 aromatic rings. The van der Waals surface area contributed by atoms with Gasteiger partial charge in [-0.05, 0) is 57.4 Å². The lowest BCUT2D eigenvalue weighted by molar-refractivity contribution is -0.0269. The Bertz CT molecular complexity index is 453. The van der Waals surface area contributed by atoms with Crippen LogP contribution in [0.1, 0.15) is 65.4 Å². The SMILES string of the molecule is CC(C)CC1CCCC(O)(c2ccccc2OC(C)C)C1. The van der Waals surface area contributed by atoms with Gasteiger partial charge in [-0.2, -0.15) is 0 Å². The first kappa shape index (κ1) is 16.4. The van der Waals surface area contributed by atoms with Gasteiger partial charge in [-0.25, -0.2) is 0 Å². The molecule has 21 heavy (non-hydrogen) atoms. The fourth-order valence-corrected chi connectivity index (χ4v) is 3.69. The third kappa shape index (κ3) is 4.23. The highest BCUT2D eigenvalue weighted by Gasteiger charge is 2.38. The molecule has 1 N–H and O–H groups in total. The first-order valence-electron chi connectivity index (χ1n) is 8.39. The smallest absolute Gasteiger partial charge is 0.125 e. The van der Waals surface area contributed by atoms with Crippen molar-refractivity contribution in [2.45, 2.75) is 71.5 Å². The van der Waals surface area contributed by atoms with Crippen LogP contribution >= 0.6 is 0 Å². The van der Waals surface area contributed by atoms with Crippen LogP contribution in [-0.2, 0) is 5.60 Å². The Kier molecular flexibility index (Phi) is 5.32. The van der Waals surface area contributed by atoms with Crippen molar-refractivity contribution in [3.05, 3.63) is 29.8 Å². The maximum Gasteiger partial charge on any atom is 0.125 e. The van der Waals surface area contributed by atoms with E-state index in [0.717, 1.165) is 30.6 Å². The molecule has 2 rings (SSSR count). The lowest BCUT2D eigenvalue weighted by Gasteiger charge is -2.38. The second-order valence-corrected chi connectivity index (χ2v) is 7.29. The summed E-state index contributed by atoms with van der Waals surface area (Å²) in [7, 11) is 0. The third-order valence-corrected chi connectivity index (χ3v) is 4.38. The molecule has 0 heterocycles. The summed E-state index contributed by atoms with van der Waals surface area (Å²) in [6.45, 7) is 8.60. The Morgan fingerprint density at radius 1 is 1.24 bits per heavy atom. The van der Waals surface area contributed by atoms with Gasteiger partial charge in [0, 0.05) is 5.56 Å². The number of hydrogen-bond acceptors (Lipinski definition) is 2. The van der Waals surface area contributed by atoms with Crippen molar-refractivity contribution in [2.75, 3.05) is 0 Å². The highest BCUT2D eigenvalue weighted by atomic mass is 16.5. The predicted molar refractivity (Wildman–Crippen MR) is 87.5 cm³/mol. The number of rotatable bonds is 5. The van der Waals surface area contributed by atoms with Gasteiger partial charge in [0.2, 0.25) is 0 Å². The summed E-state index contributed by atoms with van der Waals surface area (Å²) in [5.74, 6) is 2.16. The Labute approximate surface area is 129 Å². The Morgan fingerprint density at radius 3 is 2.62 bits per heavy atom. The third-order valence-electron chi connectivity index (χ3n) is 4.38. The average Bonchev–Trinajstić information content (AvgIpc) is 2.37. The largest absolute Gasteiger partial charge is 0.491 e. The van der Waals surface area contributed by atoms with Gasteiger partial charge >= 0.3 is 0 Å². The van der Waals surface area contributed by atoms with Crippen molar-refractivity contribution in [3.63, 3.8) is 0 Å². The van der Waals surface area contributed by atoms with Crippen LogP contribution in [0, 0.1) is 11.8 Å². The highest BCUT2D eigenvalue weighted by Crippen LogP contribution is 2.45. The zero-order valence-corrected chi connectivity index (χ0v) is 13.9. The first-order chi connectivity index (χ1) is 9.90. The minimum absolute atomic E-state index is 0.129. The maximum absolute atomic E-state index is 11.2. The van der Waals surface area contributed by atoms with Gasteiger partial charge in [0.05, 0.1) is 11.7 Å². The molecule has 1 aliphatic carbocycles. The van der Waals surface area contributed by atoms with Crippen molar-refractivity contribution in [1.29, 1.82) is 0 Å². The summed E-state index contributed by atoms with van der Waals surface area (Å²) >= 11 is 0. The Morgan fingerprint density at radius 2 is 1.95 bits per heavy atom. The molecule has 0 amide bonds. The van der Waals surface area contributed by atoms with Crippen LogP contribution in [0.4, 0.5) is 0 Å². The average molecular weight is 290 g/mol. The standard InChI is InChI=1S/C19H30O2/c1-14(2)12-16-8-7-11-19(20,13-16)17-9-5-6-10-18(17)21-15(3)4/h5-6,9-10,14-16,20H,7-8,11-13H2,1-4H3. The lowest BCUT2D eigenvalue weighted by Crippen LogP contribution is -2.34. The van der Waals surface area contributed by atoms with E-state index in [0.29, 0.717) is 11.8 Å². The minimum Gasteiger partial charge on any atom is -0.491 e. The number of aliphatic hydroxyl groups is 1. The summed E-state index contributed by atoms with van der Waals surface area (Å²) < 4.78 is 5.92. The van der Waals surface area contributed by atoms with Gasteiger partial charge in [0.1, 0.15) is 5.75 Å². The van der Waals surface area contributed by atoms with E-state index >= 15 is 0 Å². The van der Waals surface area contributed by atoms with E-state index in [4.69, 9.17) is 4.74 Å². The molecular weight excluding hydrogens is 260 g/mol. The molecule has 118 valence electrons. The van der Waals surface area contributed by atoms with Crippen molar-refractivity contribution >= 4 is 0 Å². The fraction of sp³-hybridized carbons (Fsp3) is 0.684. The molecule has 0 bridgehead atoms. The maximum atomic E-state index is 11.2. The van der Waals surface area contributed by atoms with Gasteiger partial charge in [0.25, 0.3) is 0 Å². The Balaban J connectivity index is 2.22. The Hall–Kier alpha value is -1.02. The molecule has 2 atom stereocenters. The normalized spacial score (nSPS) is 26.3. The van der Waals surface area contributed by atoms with Gasteiger partial charge in [-0.1, -0.05) is 38.5 Å². The van der Waals surface area contributed by atoms with E-state index in [1.165, 1.54) is 12.8 Å². The van der Waals surface area contributed by atoms with Crippen LogP contribution in [0.5, 0.6) is 5.75 Å². The molecule has 2 heteroatoms. The lowest BCUT2D eigenvalue weighted by atomic mass is 9.72. The monoisotopic (exact) mass is 290 g/mol. The van der Waals surface area contributed by atoms with E-state index in [-0.39, 0.29) is 6.10 Å². The zero-order chi connectivity index (χ0) is 15.5. The van der Waals surface area contributed by atoms with Crippen LogP contribution in [0.15, 0.2) is 24.3 Å². The van der Waals surface area contributed by atoms with Gasteiger partial charge < -0.3 is 9.84 Å². The van der Waals surface area contributed by atoms with E-state index in [1.54, 1.807) is 0 Å². The summed E-state index contributed by atoms with van der Waals surface area (Å²) in [6.07, 6.45) is 5.39. The summed E-state index contributed by atoms with van der Waals surface area (Å²) in [4.78, 5) is 0. The molecule has 0 radical (unpaired) electrons. The molecule has 1 fully saturated rings. The molecule has 0 spiro atoms. The molecule has 0 aliphatic heterocycles. The number of ether oxygens (including phenoxy) is 1. The second kappa shape index (κ2) is 6.83.